The smallest absolute Gasteiger partial charge is 0.179 e. The minimum atomic E-state index is 0.0167. The first-order valence-corrected chi connectivity index (χ1v) is 3.99. The van der Waals surface area contributed by atoms with E-state index in [0.29, 0.717) is 0 Å². The molecule has 1 aliphatic carbocycles. The molecule has 0 aliphatic heterocycles. The van der Waals surface area contributed by atoms with Crippen LogP contribution < -0.4 is 0 Å². The maximum Gasteiger partial charge on any atom is 0.179 e. The topological polar surface area (TPSA) is 37.3 Å². The summed E-state index contributed by atoms with van der Waals surface area (Å²) < 4.78 is 0. The average Bonchev–Trinajstić information content (AvgIpc) is 2.53. The van der Waals surface area contributed by atoms with Gasteiger partial charge < -0.3 is 5.11 Å². The van der Waals surface area contributed by atoms with Gasteiger partial charge in [-0.2, -0.15) is 0 Å². The van der Waals surface area contributed by atoms with Crippen molar-refractivity contribution in [3.8, 4) is 5.75 Å². The van der Waals surface area contributed by atoms with Gasteiger partial charge in [-0.15, -0.1) is 0 Å². The summed E-state index contributed by atoms with van der Waals surface area (Å²) in [5, 5.41) is 9.05. The Hall–Kier alpha value is -1.83. The lowest BCUT2D eigenvalue weighted by Gasteiger charge is -1.98. The van der Waals surface area contributed by atoms with Crippen LogP contribution in [0.2, 0.25) is 0 Å². The quantitative estimate of drug-likeness (QED) is 0.702. The van der Waals surface area contributed by atoms with E-state index in [1.807, 2.05) is 0 Å². The molecule has 2 nitrogen and oxygen atoms in total. The van der Waals surface area contributed by atoms with Crippen LogP contribution in [0, 0.1) is 0 Å². The number of aromatic hydroxyl groups is 1. The van der Waals surface area contributed by atoms with E-state index in [2.05, 4.69) is 0 Å². The second kappa shape index (κ2) is 2.90. The molecule has 1 aromatic rings. The second-order valence-corrected chi connectivity index (χ2v) is 2.88. The first-order valence-electron chi connectivity index (χ1n) is 3.99. The fraction of sp³-hybridized carbons (Fsp3) is 0. The van der Waals surface area contributed by atoms with Gasteiger partial charge in [-0.3, -0.25) is 4.79 Å². The van der Waals surface area contributed by atoms with Crippen molar-refractivity contribution in [2.45, 2.75) is 0 Å². The molecular weight excluding hydrogens is 164 g/mol. The van der Waals surface area contributed by atoms with Gasteiger partial charge in [0.15, 0.2) is 5.78 Å². The van der Waals surface area contributed by atoms with Gasteiger partial charge in [-0.1, -0.05) is 18.2 Å². The van der Waals surface area contributed by atoms with Crippen LogP contribution in [0.5, 0.6) is 5.75 Å². The van der Waals surface area contributed by atoms with Crippen LogP contribution in [0.4, 0.5) is 0 Å². The summed E-state index contributed by atoms with van der Waals surface area (Å²) in [6.07, 6.45) is 4.88. The summed E-state index contributed by atoms with van der Waals surface area (Å²) in [7, 11) is 0. The molecule has 0 saturated heterocycles. The predicted molar refractivity (Wildman–Crippen MR) is 50.2 cm³/mol. The van der Waals surface area contributed by atoms with E-state index in [1.54, 1.807) is 36.4 Å². The van der Waals surface area contributed by atoms with Crippen LogP contribution in [0.15, 0.2) is 42.5 Å². The number of carbonyl (C=O) groups excluding carboxylic acids is 1. The maximum atomic E-state index is 10.9. The lowest BCUT2D eigenvalue weighted by Crippen LogP contribution is -1.80. The maximum absolute atomic E-state index is 10.9. The molecule has 1 aromatic carbocycles. The number of phenolic OH excluding ortho intramolecular Hbond substituents is 1. The lowest BCUT2D eigenvalue weighted by molar-refractivity contribution is -0.110. The van der Waals surface area contributed by atoms with Gasteiger partial charge in [0.2, 0.25) is 0 Å². The third-order valence-electron chi connectivity index (χ3n) is 1.93. The number of ketones is 1. The Kier molecular flexibility index (Phi) is 1.74. The zero-order chi connectivity index (χ0) is 9.26. The highest BCUT2D eigenvalue weighted by Crippen LogP contribution is 2.21. The number of phenols is 1. The summed E-state index contributed by atoms with van der Waals surface area (Å²) in [6, 6.07) is 6.77. The Labute approximate surface area is 75.8 Å². The molecule has 13 heavy (non-hydrogen) atoms. The van der Waals surface area contributed by atoms with E-state index in [4.69, 9.17) is 5.11 Å². The zero-order valence-electron chi connectivity index (χ0n) is 6.90. The fourth-order valence-electron chi connectivity index (χ4n) is 1.25. The van der Waals surface area contributed by atoms with Crippen molar-refractivity contribution < 1.29 is 9.90 Å². The molecule has 0 radical (unpaired) electrons. The molecule has 1 N–H and O–H groups in total. The highest BCUT2D eigenvalue weighted by molar-refractivity contribution is 6.11. The minimum absolute atomic E-state index is 0.0167. The van der Waals surface area contributed by atoms with E-state index in [1.165, 1.54) is 6.08 Å². The van der Waals surface area contributed by atoms with Crippen molar-refractivity contribution in [1.29, 1.82) is 0 Å². The minimum Gasteiger partial charge on any atom is -0.508 e. The number of hydrogen-bond donors (Lipinski definition) is 1. The molecule has 0 aromatic heterocycles. The molecule has 0 fully saturated rings. The number of rotatable bonds is 1. The highest BCUT2D eigenvalue weighted by atomic mass is 16.3. The van der Waals surface area contributed by atoms with Gasteiger partial charge in [0, 0.05) is 0 Å². The molecule has 0 unspecified atom stereocenters. The van der Waals surface area contributed by atoms with Crippen LogP contribution in [-0.2, 0) is 4.79 Å². The van der Waals surface area contributed by atoms with Gasteiger partial charge in [0.25, 0.3) is 0 Å². The van der Waals surface area contributed by atoms with Crippen LogP contribution in [0.3, 0.4) is 0 Å². The molecular formula is C11H8O2. The van der Waals surface area contributed by atoms with Crippen molar-refractivity contribution >= 4 is 11.4 Å². The zero-order valence-corrected chi connectivity index (χ0v) is 6.90. The Bertz CT molecular complexity index is 397. The van der Waals surface area contributed by atoms with E-state index in [0.717, 1.165) is 11.1 Å². The Balaban J connectivity index is 2.37. The predicted octanol–water partition coefficient (Wildman–Crippen LogP) is 1.91. The van der Waals surface area contributed by atoms with Crippen LogP contribution in [0.1, 0.15) is 5.56 Å². The molecule has 0 spiro atoms. The number of carbonyl (C=O) groups is 1. The van der Waals surface area contributed by atoms with E-state index >= 15 is 0 Å². The second-order valence-electron chi connectivity index (χ2n) is 2.88. The standard InChI is InChI=1S/C11H8O2/c12-10-4-1-8(2-5-10)9-3-6-11(13)7-9/h1-7,12H. The third-order valence-corrected chi connectivity index (χ3v) is 1.93. The molecule has 0 saturated carbocycles. The SMILES string of the molecule is O=C1C=CC(c2ccc(O)cc2)=C1. The van der Waals surface area contributed by atoms with Crippen molar-refractivity contribution in [2.75, 3.05) is 0 Å². The highest BCUT2D eigenvalue weighted by Gasteiger charge is 2.06. The summed E-state index contributed by atoms with van der Waals surface area (Å²) >= 11 is 0. The summed E-state index contributed by atoms with van der Waals surface area (Å²) in [6.45, 7) is 0. The van der Waals surface area contributed by atoms with Gasteiger partial charge in [-0.05, 0) is 35.4 Å². The van der Waals surface area contributed by atoms with Crippen LogP contribution in [0.25, 0.3) is 5.57 Å². The van der Waals surface area contributed by atoms with E-state index in [-0.39, 0.29) is 11.5 Å². The van der Waals surface area contributed by atoms with Crippen LogP contribution in [-0.4, -0.2) is 10.9 Å². The van der Waals surface area contributed by atoms with Crippen molar-refractivity contribution in [3.05, 3.63) is 48.1 Å². The van der Waals surface area contributed by atoms with Crippen molar-refractivity contribution in [1.82, 2.24) is 0 Å². The molecule has 64 valence electrons. The molecule has 0 amide bonds. The Morgan fingerprint density at radius 1 is 1.00 bits per heavy atom. The molecule has 0 bridgehead atoms. The van der Waals surface area contributed by atoms with Crippen LogP contribution >= 0.6 is 0 Å². The lowest BCUT2D eigenvalue weighted by atomic mass is 10.1. The number of allylic oxidation sites excluding steroid dienone is 4. The fourth-order valence-corrected chi connectivity index (χ4v) is 1.25. The van der Waals surface area contributed by atoms with Gasteiger partial charge in [0.1, 0.15) is 5.75 Å². The molecule has 2 heteroatoms. The summed E-state index contributed by atoms with van der Waals surface area (Å²) in [5.41, 5.74) is 1.84. The van der Waals surface area contributed by atoms with E-state index < -0.39 is 0 Å². The normalized spacial score (nSPS) is 14.8. The van der Waals surface area contributed by atoms with E-state index in [9.17, 15) is 4.79 Å². The first kappa shape index (κ1) is 7.80. The Morgan fingerprint density at radius 2 is 1.69 bits per heavy atom. The largest absolute Gasteiger partial charge is 0.508 e. The van der Waals surface area contributed by atoms with Gasteiger partial charge >= 0.3 is 0 Å². The van der Waals surface area contributed by atoms with Crippen molar-refractivity contribution in [3.63, 3.8) is 0 Å². The van der Waals surface area contributed by atoms with Crippen molar-refractivity contribution in [2.24, 2.45) is 0 Å². The van der Waals surface area contributed by atoms with Gasteiger partial charge in [0.05, 0.1) is 0 Å². The molecule has 2 rings (SSSR count). The van der Waals surface area contributed by atoms with Gasteiger partial charge in [-0.25, -0.2) is 0 Å². The number of benzene rings is 1. The summed E-state index contributed by atoms with van der Waals surface area (Å²) in [4.78, 5) is 10.9. The average molecular weight is 172 g/mol. The first-order chi connectivity index (χ1) is 6.25. The number of hydrogen-bond acceptors (Lipinski definition) is 2. The third kappa shape index (κ3) is 1.51. The molecule has 0 heterocycles. The molecule has 1 aliphatic rings. The summed E-state index contributed by atoms with van der Waals surface area (Å²) in [5.74, 6) is 0.251. The monoisotopic (exact) mass is 172 g/mol. The Morgan fingerprint density at radius 3 is 2.23 bits per heavy atom. The molecule has 0 atom stereocenters.